The Morgan fingerprint density at radius 1 is 1.40 bits per heavy atom. The zero-order chi connectivity index (χ0) is 14.8. The van der Waals surface area contributed by atoms with Crippen LogP contribution >= 0.6 is 11.8 Å². The maximum absolute atomic E-state index is 12.0. The smallest absolute Gasteiger partial charge is 0.256 e. The first-order chi connectivity index (χ1) is 9.45. The van der Waals surface area contributed by atoms with Crippen molar-refractivity contribution in [1.82, 2.24) is 9.29 Å². The van der Waals surface area contributed by atoms with Gasteiger partial charge in [-0.25, -0.2) is 17.7 Å². The second kappa shape index (κ2) is 6.13. The summed E-state index contributed by atoms with van der Waals surface area (Å²) in [6.45, 7) is 0.601. The fourth-order valence-corrected chi connectivity index (χ4v) is 3.19. The highest BCUT2D eigenvalue weighted by Gasteiger charge is 2.18. The molecule has 20 heavy (non-hydrogen) atoms. The number of aromatic nitrogens is 1. The first-order valence-corrected chi connectivity index (χ1v) is 8.32. The Hall–Kier alpha value is -1.09. The lowest BCUT2D eigenvalue weighted by molar-refractivity contribution is 0.218. The lowest BCUT2D eigenvalue weighted by Gasteiger charge is -2.10. The molecule has 0 bridgehead atoms. The van der Waals surface area contributed by atoms with Crippen LogP contribution in [0.15, 0.2) is 32.7 Å². The molecule has 0 N–H and O–H groups in total. The summed E-state index contributed by atoms with van der Waals surface area (Å²) in [5, 5.41) is 0.511. The SMILES string of the molecule is COCCSc1nc2cc(S(=O)(=O)N(C)C)ccc2o1. The van der Waals surface area contributed by atoms with Crippen LogP contribution < -0.4 is 0 Å². The van der Waals surface area contributed by atoms with E-state index >= 15 is 0 Å². The minimum absolute atomic E-state index is 0.205. The number of fused-ring (bicyclic) bond motifs is 1. The van der Waals surface area contributed by atoms with Gasteiger partial charge >= 0.3 is 0 Å². The van der Waals surface area contributed by atoms with Crippen molar-refractivity contribution < 1.29 is 17.6 Å². The molecule has 0 saturated heterocycles. The zero-order valence-electron chi connectivity index (χ0n) is 11.5. The molecule has 0 saturated carbocycles. The molecule has 6 nitrogen and oxygen atoms in total. The molecule has 110 valence electrons. The fourth-order valence-electron chi connectivity index (χ4n) is 1.53. The molecule has 0 unspecified atom stereocenters. The first kappa shape index (κ1) is 15.3. The number of hydrogen-bond acceptors (Lipinski definition) is 6. The summed E-state index contributed by atoms with van der Waals surface area (Å²) in [6, 6.07) is 4.67. The van der Waals surface area contributed by atoms with E-state index in [4.69, 9.17) is 9.15 Å². The number of methoxy groups -OCH3 is 1. The average molecular weight is 316 g/mol. The van der Waals surface area contributed by atoms with E-state index < -0.39 is 10.0 Å². The summed E-state index contributed by atoms with van der Waals surface area (Å²) in [5.41, 5.74) is 1.11. The molecule has 0 amide bonds. The number of benzene rings is 1. The molecule has 0 radical (unpaired) electrons. The molecule has 0 fully saturated rings. The Kier molecular flexibility index (Phi) is 4.69. The van der Waals surface area contributed by atoms with E-state index in [1.807, 2.05) is 0 Å². The maximum atomic E-state index is 12.0. The van der Waals surface area contributed by atoms with Crippen LogP contribution in [0.2, 0.25) is 0 Å². The van der Waals surface area contributed by atoms with Gasteiger partial charge in [-0.15, -0.1) is 0 Å². The quantitative estimate of drug-likeness (QED) is 0.598. The van der Waals surface area contributed by atoms with Gasteiger partial charge in [0.1, 0.15) is 5.52 Å². The molecular weight excluding hydrogens is 300 g/mol. The summed E-state index contributed by atoms with van der Waals surface area (Å²) in [5.74, 6) is 0.728. The molecule has 0 aliphatic carbocycles. The van der Waals surface area contributed by atoms with E-state index in [1.54, 1.807) is 13.2 Å². The Bertz CT molecular complexity index is 695. The van der Waals surface area contributed by atoms with Gasteiger partial charge < -0.3 is 9.15 Å². The summed E-state index contributed by atoms with van der Waals surface area (Å²) < 4.78 is 35.7. The molecule has 2 aromatic rings. The lowest BCUT2D eigenvalue weighted by atomic mass is 10.3. The number of thioether (sulfide) groups is 1. The molecule has 1 heterocycles. The number of oxazole rings is 1. The van der Waals surface area contributed by atoms with E-state index in [1.165, 1.54) is 42.3 Å². The van der Waals surface area contributed by atoms with E-state index in [-0.39, 0.29) is 4.90 Å². The molecule has 1 aromatic carbocycles. The lowest BCUT2D eigenvalue weighted by Crippen LogP contribution is -2.22. The van der Waals surface area contributed by atoms with E-state index in [9.17, 15) is 8.42 Å². The summed E-state index contributed by atoms with van der Waals surface area (Å²) in [4.78, 5) is 4.48. The number of hydrogen-bond donors (Lipinski definition) is 0. The number of nitrogens with zero attached hydrogens (tertiary/aromatic N) is 2. The Labute approximate surface area is 122 Å². The summed E-state index contributed by atoms with van der Waals surface area (Å²) in [6.07, 6.45) is 0. The van der Waals surface area contributed by atoms with Crippen LogP contribution in [0.25, 0.3) is 11.1 Å². The summed E-state index contributed by atoms with van der Waals surface area (Å²) >= 11 is 1.43. The number of sulfonamides is 1. The Morgan fingerprint density at radius 3 is 2.80 bits per heavy atom. The molecule has 0 aliphatic heterocycles. The normalized spacial score (nSPS) is 12.4. The Balaban J connectivity index is 2.31. The van der Waals surface area contributed by atoms with Gasteiger partial charge in [0.15, 0.2) is 5.58 Å². The van der Waals surface area contributed by atoms with E-state index in [0.717, 1.165) is 5.75 Å². The van der Waals surface area contributed by atoms with Crippen molar-refractivity contribution in [3.63, 3.8) is 0 Å². The van der Waals surface area contributed by atoms with Crippen molar-refractivity contribution in [3.8, 4) is 0 Å². The predicted molar refractivity (Wildman–Crippen MR) is 77.5 cm³/mol. The van der Waals surface area contributed by atoms with Crippen LogP contribution in [0.4, 0.5) is 0 Å². The van der Waals surface area contributed by atoms with Gasteiger partial charge in [-0.05, 0) is 18.2 Å². The summed E-state index contributed by atoms with van der Waals surface area (Å²) in [7, 11) is 1.16. The molecule has 2 rings (SSSR count). The third-order valence-electron chi connectivity index (χ3n) is 2.63. The minimum Gasteiger partial charge on any atom is -0.431 e. The Morgan fingerprint density at radius 2 is 2.15 bits per heavy atom. The van der Waals surface area contributed by atoms with Crippen LogP contribution in [0.3, 0.4) is 0 Å². The van der Waals surface area contributed by atoms with Crippen LogP contribution in [0.5, 0.6) is 0 Å². The van der Waals surface area contributed by atoms with E-state index in [0.29, 0.717) is 22.9 Å². The largest absolute Gasteiger partial charge is 0.431 e. The molecule has 8 heteroatoms. The fraction of sp³-hybridized carbons (Fsp3) is 0.417. The van der Waals surface area contributed by atoms with Crippen LogP contribution in [0.1, 0.15) is 0 Å². The van der Waals surface area contributed by atoms with Crippen molar-refractivity contribution in [2.75, 3.05) is 33.6 Å². The average Bonchev–Trinajstić information content (AvgIpc) is 2.80. The second-order valence-electron chi connectivity index (χ2n) is 4.24. The molecule has 0 atom stereocenters. The minimum atomic E-state index is -3.46. The molecule has 1 aromatic heterocycles. The first-order valence-electron chi connectivity index (χ1n) is 5.90. The topological polar surface area (TPSA) is 72.6 Å². The number of ether oxygens (including phenoxy) is 1. The van der Waals surface area contributed by atoms with Gasteiger partial charge in [0.25, 0.3) is 5.22 Å². The van der Waals surface area contributed by atoms with Crippen molar-refractivity contribution >= 4 is 32.9 Å². The van der Waals surface area contributed by atoms with Gasteiger partial charge in [0.05, 0.1) is 11.5 Å². The van der Waals surface area contributed by atoms with Crippen LogP contribution in [0, 0.1) is 0 Å². The monoisotopic (exact) mass is 316 g/mol. The molecular formula is C12H16N2O4S2. The predicted octanol–water partition coefficient (Wildman–Crippen LogP) is 1.82. The van der Waals surface area contributed by atoms with Gasteiger partial charge in [-0.2, -0.15) is 0 Å². The molecule has 0 spiro atoms. The standard InChI is InChI=1S/C12H16N2O4S2/c1-14(2)20(15,16)9-4-5-11-10(8-9)13-12(18-11)19-7-6-17-3/h4-5,8H,6-7H2,1-3H3. The van der Waals surface area contributed by atoms with Crippen LogP contribution in [-0.4, -0.2) is 51.3 Å². The van der Waals surface area contributed by atoms with Gasteiger partial charge in [-0.3, -0.25) is 0 Å². The van der Waals surface area contributed by atoms with E-state index in [2.05, 4.69) is 4.98 Å². The van der Waals surface area contributed by atoms with Crippen molar-refractivity contribution in [1.29, 1.82) is 0 Å². The highest BCUT2D eigenvalue weighted by atomic mass is 32.2. The van der Waals surface area contributed by atoms with Gasteiger partial charge in [-0.1, -0.05) is 11.8 Å². The van der Waals surface area contributed by atoms with Crippen molar-refractivity contribution in [2.45, 2.75) is 10.1 Å². The van der Waals surface area contributed by atoms with Crippen molar-refractivity contribution in [3.05, 3.63) is 18.2 Å². The second-order valence-corrected chi connectivity index (χ2v) is 7.44. The third-order valence-corrected chi connectivity index (χ3v) is 5.23. The van der Waals surface area contributed by atoms with Gasteiger partial charge in [0.2, 0.25) is 10.0 Å². The van der Waals surface area contributed by atoms with Crippen LogP contribution in [-0.2, 0) is 14.8 Å². The third kappa shape index (κ3) is 3.14. The number of rotatable bonds is 6. The molecule has 0 aliphatic rings. The zero-order valence-corrected chi connectivity index (χ0v) is 13.1. The highest BCUT2D eigenvalue weighted by Crippen LogP contribution is 2.26. The maximum Gasteiger partial charge on any atom is 0.256 e. The highest BCUT2D eigenvalue weighted by molar-refractivity contribution is 7.99. The van der Waals surface area contributed by atoms with Crippen molar-refractivity contribution in [2.24, 2.45) is 0 Å². The van der Waals surface area contributed by atoms with Gasteiger partial charge in [0, 0.05) is 27.0 Å².